The van der Waals surface area contributed by atoms with Gasteiger partial charge in [-0.25, -0.2) is 13.4 Å². The molecule has 0 aromatic carbocycles. The smallest absolute Gasteiger partial charge is 0.224 e. The topological polar surface area (TPSA) is 99.1 Å². The first kappa shape index (κ1) is 21.2. The molecule has 0 aliphatic carbocycles. The van der Waals surface area contributed by atoms with E-state index in [1.807, 2.05) is 6.07 Å². The van der Waals surface area contributed by atoms with E-state index in [1.165, 1.54) is 10.6 Å². The summed E-state index contributed by atoms with van der Waals surface area (Å²) < 4.78 is 31.6. The molecule has 2 aromatic heterocycles. The molecular weight excluding hydrogens is 438 g/mol. The summed E-state index contributed by atoms with van der Waals surface area (Å²) in [5.74, 6) is 0.842. The van der Waals surface area contributed by atoms with Gasteiger partial charge in [0.25, 0.3) is 0 Å². The summed E-state index contributed by atoms with van der Waals surface area (Å²) in [6.07, 6.45) is 1.19. The van der Waals surface area contributed by atoms with Crippen LogP contribution in [-0.2, 0) is 21.3 Å². The van der Waals surface area contributed by atoms with Gasteiger partial charge < -0.3 is 14.7 Å². The zero-order valence-corrected chi connectivity index (χ0v) is 18.5. The third-order valence-corrected chi connectivity index (χ3v) is 7.82. The average Bonchev–Trinajstić information content (AvgIpc) is 3.09. The maximum absolute atomic E-state index is 11.9. The Kier molecular flexibility index (Phi) is 6.26. The number of nitrogens with zero attached hydrogens (tertiary/aromatic N) is 5. The Labute approximate surface area is 178 Å². The van der Waals surface area contributed by atoms with E-state index in [9.17, 15) is 13.5 Å². The summed E-state index contributed by atoms with van der Waals surface area (Å²) >= 11 is 7.80. The largest absolute Gasteiger partial charge is 0.395 e. The molecule has 1 unspecified atom stereocenters. The van der Waals surface area contributed by atoms with E-state index in [1.54, 1.807) is 11.3 Å². The molecule has 4 rings (SSSR count). The molecule has 0 saturated carbocycles. The fraction of sp³-hybridized carbons (Fsp3) is 0.647. The second kappa shape index (κ2) is 8.58. The highest BCUT2D eigenvalue weighted by molar-refractivity contribution is 7.88. The monoisotopic (exact) mass is 461 g/mol. The van der Waals surface area contributed by atoms with Crippen molar-refractivity contribution in [2.75, 3.05) is 63.7 Å². The minimum Gasteiger partial charge on any atom is -0.395 e. The SMILES string of the molecule is CS(=O)(=O)N1CCN(Cc2cc3nc(Cl)nc(N4CCOCC4)c3s2)CC1CO. The number of aliphatic hydroxyl groups excluding tert-OH is 1. The summed E-state index contributed by atoms with van der Waals surface area (Å²) in [5.41, 5.74) is 0.819. The van der Waals surface area contributed by atoms with Crippen LogP contribution in [0.15, 0.2) is 6.07 Å². The number of fused-ring (bicyclic) bond motifs is 1. The van der Waals surface area contributed by atoms with E-state index >= 15 is 0 Å². The number of hydrogen-bond donors (Lipinski definition) is 1. The Morgan fingerprint density at radius 1 is 1.28 bits per heavy atom. The van der Waals surface area contributed by atoms with Crippen molar-refractivity contribution >= 4 is 49.0 Å². The second-order valence-corrected chi connectivity index (χ2v) is 10.7. The molecule has 0 radical (unpaired) electrons. The Morgan fingerprint density at radius 2 is 2.03 bits per heavy atom. The minimum absolute atomic E-state index is 0.196. The number of halogens is 1. The summed E-state index contributed by atoms with van der Waals surface area (Å²) in [7, 11) is -3.33. The second-order valence-electron chi connectivity index (χ2n) is 7.29. The quantitative estimate of drug-likeness (QED) is 0.647. The number of ether oxygens (including phenoxy) is 1. The van der Waals surface area contributed by atoms with Crippen LogP contribution < -0.4 is 4.90 Å². The van der Waals surface area contributed by atoms with Gasteiger partial charge in [-0.05, 0) is 17.7 Å². The van der Waals surface area contributed by atoms with E-state index in [2.05, 4.69) is 19.8 Å². The van der Waals surface area contributed by atoms with Gasteiger partial charge in [-0.2, -0.15) is 9.29 Å². The van der Waals surface area contributed by atoms with Crippen molar-refractivity contribution < 1.29 is 18.3 Å². The van der Waals surface area contributed by atoms with Gasteiger partial charge >= 0.3 is 0 Å². The molecule has 0 amide bonds. The van der Waals surface area contributed by atoms with Crippen LogP contribution in [0.3, 0.4) is 0 Å². The van der Waals surface area contributed by atoms with Crippen molar-refractivity contribution in [3.05, 3.63) is 16.2 Å². The molecular formula is C17H24ClN5O4S2. The Morgan fingerprint density at radius 3 is 2.72 bits per heavy atom. The number of sulfonamides is 1. The predicted octanol–water partition coefficient (Wildman–Crippen LogP) is 0.619. The molecule has 2 aliphatic heterocycles. The van der Waals surface area contributed by atoms with E-state index in [4.69, 9.17) is 16.3 Å². The number of morpholine rings is 1. The normalized spacial score (nSPS) is 22.4. The van der Waals surface area contributed by atoms with Crippen LogP contribution in [-0.4, -0.2) is 97.5 Å². The van der Waals surface area contributed by atoms with Crippen molar-refractivity contribution in [2.45, 2.75) is 12.6 Å². The summed E-state index contributed by atoms with van der Waals surface area (Å²) in [4.78, 5) is 14.3. The minimum atomic E-state index is -3.33. The maximum Gasteiger partial charge on any atom is 0.224 e. The molecule has 2 aliphatic rings. The number of anilines is 1. The lowest BCUT2D eigenvalue weighted by molar-refractivity contribution is 0.0883. The molecule has 2 fully saturated rings. The molecule has 1 atom stereocenters. The maximum atomic E-state index is 11.9. The first-order valence-electron chi connectivity index (χ1n) is 9.44. The van der Waals surface area contributed by atoms with Gasteiger partial charge in [0.2, 0.25) is 15.3 Å². The highest BCUT2D eigenvalue weighted by atomic mass is 35.5. The van der Waals surface area contributed by atoms with Gasteiger partial charge in [-0.15, -0.1) is 11.3 Å². The number of thiophene rings is 1. The van der Waals surface area contributed by atoms with Gasteiger partial charge in [-0.3, -0.25) is 4.90 Å². The number of aliphatic hydroxyl groups is 1. The molecule has 0 spiro atoms. The summed E-state index contributed by atoms with van der Waals surface area (Å²) in [6.45, 7) is 4.79. The van der Waals surface area contributed by atoms with Crippen LogP contribution in [0.5, 0.6) is 0 Å². The Hall–Kier alpha value is -1.08. The Balaban J connectivity index is 1.54. The molecule has 4 heterocycles. The van der Waals surface area contributed by atoms with Crippen LogP contribution in [0.2, 0.25) is 5.28 Å². The van der Waals surface area contributed by atoms with Gasteiger partial charge in [0.15, 0.2) is 5.82 Å². The van der Waals surface area contributed by atoms with Crippen molar-refractivity contribution in [3.63, 3.8) is 0 Å². The van der Waals surface area contributed by atoms with E-state index in [-0.39, 0.29) is 11.9 Å². The van der Waals surface area contributed by atoms with E-state index < -0.39 is 16.1 Å². The van der Waals surface area contributed by atoms with Gasteiger partial charge in [0, 0.05) is 44.1 Å². The number of rotatable bonds is 5. The first-order valence-corrected chi connectivity index (χ1v) is 12.5. The molecule has 29 heavy (non-hydrogen) atoms. The number of aromatic nitrogens is 2. The van der Waals surface area contributed by atoms with E-state index in [0.717, 1.165) is 34.0 Å². The average molecular weight is 462 g/mol. The van der Waals surface area contributed by atoms with Crippen LogP contribution in [0.25, 0.3) is 10.2 Å². The molecule has 2 aromatic rings. The van der Waals surface area contributed by atoms with Gasteiger partial charge in [-0.1, -0.05) is 0 Å². The zero-order valence-electron chi connectivity index (χ0n) is 16.1. The van der Waals surface area contributed by atoms with Crippen molar-refractivity contribution in [1.29, 1.82) is 0 Å². The lowest BCUT2D eigenvalue weighted by Crippen LogP contribution is -2.55. The summed E-state index contributed by atoms with van der Waals surface area (Å²) in [6, 6.07) is 1.60. The van der Waals surface area contributed by atoms with E-state index in [0.29, 0.717) is 39.4 Å². The van der Waals surface area contributed by atoms with Crippen LogP contribution in [0.1, 0.15) is 4.88 Å². The standard InChI is InChI=1S/C17H24ClN5O4S2/c1-29(25,26)23-3-2-21(9-12(23)11-24)10-13-8-14-15(28-13)16(20-17(18)19-14)22-4-6-27-7-5-22/h8,12,24H,2-7,9-11H2,1H3. The highest BCUT2D eigenvalue weighted by Crippen LogP contribution is 2.34. The molecule has 0 bridgehead atoms. The number of piperazine rings is 1. The molecule has 1 N–H and O–H groups in total. The molecule has 9 nitrogen and oxygen atoms in total. The third-order valence-electron chi connectivity index (χ3n) is 5.22. The predicted molar refractivity (Wildman–Crippen MR) is 113 cm³/mol. The summed E-state index contributed by atoms with van der Waals surface area (Å²) in [5, 5.41) is 9.88. The van der Waals surface area contributed by atoms with Crippen LogP contribution >= 0.6 is 22.9 Å². The fourth-order valence-corrected chi connectivity index (χ4v) is 6.27. The molecule has 160 valence electrons. The van der Waals surface area contributed by atoms with Gasteiger partial charge in [0.05, 0.1) is 42.3 Å². The lowest BCUT2D eigenvalue weighted by atomic mass is 10.2. The fourth-order valence-electron chi connectivity index (χ4n) is 3.86. The lowest BCUT2D eigenvalue weighted by Gasteiger charge is -2.38. The highest BCUT2D eigenvalue weighted by Gasteiger charge is 2.32. The third kappa shape index (κ3) is 4.66. The molecule has 2 saturated heterocycles. The number of hydrogen-bond acceptors (Lipinski definition) is 9. The first-order chi connectivity index (χ1) is 13.8. The van der Waals surface area contributed by atoms with Crippen LogP contribution in [0.4, 0.5) is 5.82 Å². The zero-order chi connectivity index (χ0) is 20.6. The van der Waals surface area contributed by atoms with Crippen molar-refractivity contribution in [1.82, 2.24) is 19.2 Å². The molecule has 12 heteroatoms. The van der Waals surface area contributed by atoms with Crippen molar-refractivity contribution in [2.24, 2.45) is 0 Å². The van der Waals surface area contributed by atoms with Gasteiger partial charge in [0.1, 0.15) is 0 Å². The van der Waals surface area contributed by atoms with Crippen molar-refractivity contribution in [3.8, 4) is 0 Å². The van der Waals surface area contributed by atoms with Crippen LogP contribution in [0, 0.1) is 0 Å². The Bertz CT molecular complexity index is 980.